The van der Waals surface area contributed by atoms with Crippen molar-refractivity contribution in [1.82, 2.24) is 20.5 Å². The maximum Gasteiger partial charge on any atom is 0.416 e. The number of alkyl halides is 3. The fraction of sp³-hybridized carbons (Fsp3) is 0.214. The van der Waals surface area contributed by atoms with Crippen molar-refractivity contribution < 1.29 is 13.2 Å². The minimum Gasteiger partial charge on any atom is -0.364 e. The van der Waals surface area contributed by atoms with Crippen LogP contribution in [0.1, 0.15) is 16.8 Å². The highest BCUT2D eigenvalue weighted by Gasteiger charge is 2.30. The molecule has 0 fully saturated rings. The Morgan fingerprint density at radius 2 is 2.12 bits per heavy atom. The van der Waals surface area contributed by atoms with E-state index in [4.69, 9.17) is 23.8 Å². The Balaban J connectivity index is 2.37. The standard InChI is InChI=1S/C14H13ClF3N5S/c1-8-11(7-20-21-13(24)19-2)12(15)23(22-8)10-5-3-4-9(6-10)14(16,17)18/h3-7H,1-2H3,(H2,19,21,24)/b20-7+. The quantitative estimate of drug-likeness (QED) is 0.491. The van der Waals surface area contributed by atoms with Crippen molar-refractivity contribution in [2.75, 3.05) is 7.05 Å². The summed E-state index contributed by atoms with van der Waals surface area (Å²) in [6.07, 6.45) is -3.04. The molecule has 0 saturated heterocycles. The number of hydrazone groups is 1. The minimum absolute atomic E-state index is 0.146. The molecule has 0 spiro atoms. The van der Waals surface area contributed by atoms with Crippen LogP contribution in [0, 0.1) is 6.92 Å². The third-order valence-electron chi connectivity index (χ3n) is 3.05. The molecule has 5 nitrogen and oxygen atoms in total. The topological polar surface area (TPSA) is 54.2 Å². The van der Waals surface area contributed by atoms with Crippen LogP contribution in [0.25, 0.3) is 5.69 Å². The van der Waals surface area contributed by atoms with E-state index in [0.717, 1.165) is 12.1 Å². The van der Waals surface area contributed by atoms with E-state index >= 15 is 0 Å². The number of halogens is 4. The van der Waals surface area contributed by atoms with E-state index in [1.807, 2.05) is 0 Å². The Hall–Kier alpha value is -2.13. The maximum atomic E-state index is 12.8. The van der Waals surface area contributed by atoms with E-state index in [9.17, 15) is 13.2 Å². The molecular weight excluding hydrogens is 363 g/mol. The number of benzene rings is 1. The van der Waals surface area contributed by atoms with Crippen molar-refractivity contribution >= 4 is 35.1 Å². The van der Waals surface area contributed by atoms with Crippen LogP contribution >= 0.6 is 23.8 Å². The molecule has 0 aliphatic heterocycles. The molecule has 24 heavy (non-hydrogen) atoms. The van der Waals surface area contributed by atoms with E-state index in [-0.39, 0.29) is 10.8 Å². The average molecular weight is 376 g/mol. The number of thiocarbonyl (C=S) groups is 1. The summed E-state index contributed by atoms with van der Waals surface area (Å²) in [4.78, 5) is 0. The van der Waals surface area contributed by atoms with Crippen LogP contribution in [-0.2, 0) is 6.18 Å². The molecular formula is C14H13ClF3N5S. The number of rotatable bonds is 3. The van der Waals surface area contributed by atoms with Gasteiger partial charge in [-0.2, -0.15) is 23.4 Å². The molecule has 1 heterocycles. The van der Waals surface area contributed by atoms with Crippen molar-refractivity contribution in [3.8, 4) is 5.69 Å². The van der Waals surface area contributed by atoms with Crippen LogP contribution < -0.4 is 10.7 Å². The Labute approximate surface area is 146 Å². The molecule has 0 aliphatic rings. The fourth-order valence-electron chi connectivity index (χ4n) is 1.85. The summed E-state index contributed by atoms with van der Waals surface area (Å²) >= 11 is 11.1. The molecule has 0 aliphatic carbocycles. The second-order valence-corrected chi connectivity index (χ2v) is 5.47. The lowest BCUT2D eigenvalue weighted by Gasteiger charge is -2.09. The van der Waals surface area contributed by atoms with Gasteiger partial charge in [-0.1, -0.05) is 17.7 Å². The minimum atomic E-state index is -4.44. The summed E-state index contributed by atoms with van der Waals surface area (Å²) < 4.78 is 39.7. The van der Waals surface area contributed by atoms with E-state index in [1.54, 1.807) is 14.0 Å². The highest BCUT2D eigenvalue weighted by atomic mass is 35.5. The smallest absolute Gasteiger partial charge is 0.364 e. The average Bonchev–Trinajstić information content (AvgIpc) is 2.82. The first-order chi connectivity index (χ1) is 11.2. The molecule has 2 rings (SSSR count). The van der Waals surface area contributed by atoms with Gasteiger partial charge in [0.25, 0.3) is 0 Å². The molecule has 1 aromatic heterocycles. The number of aryl methyl sites for hydroxylation is 1. The zero-order chi connectivity index (χ0) is 17.9. The lowest BCUT2D eigenvalue weighted by atomic mass is 10.2. The number of aromatic nitrogens is 2. The molecule has 1 aromatic carbocycles. The molecule has 10 heteroatoms. The summed E-state index contributed by atoms with van der Waals surface area (Å²) in [6.45, 7) is 1.67. The van der Waals surface area contributed by atoms with Crippen LogP contribution in [0.15, 0.2) is 29.4 Å². The van der Waals surface area contributed by atoms with Gasteiger partial charge in [0.05, 0.1) is 28.7 Å². The SMILES string of the molecule is CNC(=S)N/N=C/c1c(C)nn(-c2cccc(C(F)(F)F)c2)c1Cl. The summed E-state index contributed by atoms with van der Waals surface area (Å²) in [5.74, 6) is 0. The molecule has 2 N–H and O–H groups in total. The van der Waals surface area contributed by atoms with Crippen LogP contribution in [0.4, 0.5) is 13.2 Å². The van der Waals surface area contributed by atoms with E-state index in [2.05, 4.69) is 20.9 Å². The van der Waals surface area contributed by atoms with Gasteiger partial charge < -0.3 is 5.32 Å². The predicted octanol–water partition coefficient (Wildman–Crippen LogP) is 3.28. The molecule has 0 saturated carbocycles. The molecule has 2 aromatic rings. The molecule has 128 valence electrons. The predicted molar refractivity (Wildman–Crippen MR) is 90.7 cm³/mol. The molecule has 0 radical (unpaired) electrons. The number of nitrogens with one attached hydrogen (secondary N) is 2. The van der Waals surface area contributed by atoms with Gasteiger partial charge in [0.1, 0.15) is 5.15 Å². The number of hydrogen-bond donors (Lipinski definition) is 2. The molecule has 0 unspecified atom stereocenters. The summed E-state index contributed by atoms with van der Waals surface area (Å²) in [6, 6.07) is 4.75. The van der Waals surface area contributed by atoms with Gasteiger partial charge in [0, 0.05) is 7.05 Å². The first-order valence-electron chi connectivity index (χ1n) is 6.67. The highest BCUT2D eigenvalue weighted by molar-refractivity contribution is 7.80. The second kappa shape index (κ2) is 7.18. The van der Waals surface area contributed by atoms with Gasteiger partial charge >= 0.3 is 6.18 Å². The Kier molecular flexibility index (Phi) is 5.45. The Morgan fingerprint density at radius 3 is 2.75 bits per heavy atom. The van der Waals surface area contributed by atoms with Gasteiger partial charge in [-0.25, -0.2) is 4.68 Å². The molecule has 0 amide bonds. The van der Waals surface area contributed by atoms with Gasteiger partial charge in [0.15, 0.2) is 5.11 Å². The van der Waals surface area contributed by atoms with Gasteiger partial charge in [-0.3, -0.25) is 5.43 Å². The zero-order valence-corrected chi connectivity index (χ0v) is 14.2. The van der Waals surface area contributed by atoms with Gasteiger partial charge in [0.2, 0.25) is 0 Å². The van der Waals surface area contributed by atoms with E-state index < -0.39 is 11.7 Å². The third-order valence-corrected chi connectivity index (χ3v) is 3.71. The first-order valence-corrected chi connectivity index (χ1v) is 7.46. The highest BCUT2D eigenvalue weighted by Crippen LogP contribution is 2.31. The van der Waals surface area contributed by atoms with E-state index in [1.165, 1.54) is 23.0 Å². The summed E-state index contributed by atoms with van der Waals surface area (Å²) in [7, 11) is 1.63. The molecule has 0 atom stereocenters. The third kappa shape index (κ3) is 4.04. The first kappa shape index (κ1) is 18.2. The normalized spacial score (nSPS) is 11.8. The second-order valence-electron chi connectivity index (χ2n) is 4.70. The Bertz CT molecular complexity index is 785. The Morgan fingerprint density at radius 1 is 1.42 bits per heavy atom. The van der Waals surface area contributed by atoms with E-state index in [0.29, 0.717) is 16.4 Å². The summed E-state index contributed by atoms with van der Waals surface area (Å²) in [5.41, 5.74) is 2.97. The summed E-state index contributed by atoms with van der Waals surface area (Å²) in [5, 5.41) is 11.2. The monoisotopic (exact) mass is 375 g/mol. The van der Waals surface area contributed by atoms with Crippen LogP contribution in [-0.4, -0.2) is 28.2 Å². The lowest BCUT2D eigenvalue weighted by molar-refractivity contribution is -0.137. The van der Waals surface area contributed by atoms with Crippen LogP contribution in [0.3, 0.4) is 0 Å². The van der Waals surface area contributed by atoms with Crippen LogP contribution in [0.5, 0.6) is 0 Å². The fourth-order valence-corrected chi connectivity index (χ4v) is 2.23. The van der Waals surface area contributed by atoms with Crippen molar-refractivity contribution in [3.05, 3.63) is 46.2 Å². The van der Waals surface area contributed by atoms with Gasteiger partial charge in [-0.15, -0.1) is 0 Å². The molecule has 0 bridgehead atoms. The van der Waals surface area contributed by atoms with Crippen molar-refractivity contribution in [2.45, 2.75) is 13.1 Å². The number of nitrogens with zero attached hydrogens (tertiary/aromatic N) is 3. The van der Waals surface area contributed by atoms with Crippen molar-refractivity contribution in [2.24, 2.45) is 5.10 Å². The maximum absolute atomic E-state index is 12.8. The zero-order valence-electron chi connectivity index (χ0n) is 12.6. The largest absolute Gasteiger partial charge is 0.416 e. The van der Waals surface area contributed by atoms with Crippen molar-refractivity contribution in [3.63, 3.8) is 0 Å². The van der Waals surface area contributed by atoms with Crippen molar-refractivity contribution in [1.29, 1.82) is 0 Å². The van der Waals surface area contributed by atoms with Gasteiger partial charge in [-0.05, 0) is 37.3 Å². The lowest BCUT2D eigenvalue weighted by Crippen LogP contribution is -2.28. The van der Waals surface area contributed by atoms with Crippen LogP contribution in [0.2, 0.25) is 5.15 Å². The number of hydrogen-bond acceptors (Lipinski definition) is 3.